The Labute approximate surface area is 252 Å². The molecule has 2 amide bonds. The number of carboxylic acids is 1. The number of piperidine rings is 2. The first-order chi connectivity index (χ1) is 17.4. The van der Waals surface area contributed by atoms with Crippen molar-refractivity contribution in [3.8, 4) is 0 Å². The summed E-state index contributed by atoms with van der Waals surface area (Å²) in [4.78, 5) is 48.7. The molecule has 13 nitrogen and oxygen atoms in total. The van der Waals surface area contributed by atoms with Gasteiger partial charge in [0.2, 0.25) is 0 Å². The van der Waals surface area contributed by atoms with Crippen LogP contribution in [0.25, 0.3) is 5.59 Å². The van der Waals surface area contributed by atoms with Crippen LogP contribution in [0.5, 0.6) is 0 Å². The zero-order valence-electron chi connectivity index (χ0n) is 24.7. The molecule has 5 N–H and O–H groups in total. The Hall–Kier alpha value is -1.48. The van der Waals surface area contributed by atoms with Crippen LogP contribution >= 0.6 is 0 Å². The fourth-order valence-corrected chi connectivity index (χ4v) is 4.97. The third kappa shape index (κ3) is 11.9. The maximum Gasteiger partial charge on any atom is 1.00 e. The average molecular weight is 569 g/mol. The first-order valence-corrected chi connectivity index (χ1v) is 12.8. The Balaban J connectivity index is 0.000000604. The van der Waals surface area contributed by atoms with E-state index in [1.54, 1.807) is 23.6 Å². The second-order valence-electron chi connectivity index (χ2n) is 11.9. The molecule has 0 bridgehead atoms. The van der Waals surface area contributed by atoms with E-state index in [0.717, 1.165) is 0 Å². The number of rotatable bonds is 2. The van der Waals surface area contributed by atoms with Gasteiger partial charge in [0.1, 0.15) is 17.0 Å². The summed E-state index contributed by atoms with van der Waals surface area (Å²) in [6, 6.07) is 0. The molecule has 0 aromatic rings. The number of hydrogen-bond acceptors (Lipinski definition) is 9. The summed E-state index contributed by atoms with van der Waals surface area (Å²) in [7, 11) is 0. The Kier molecular flexibility index (Phi) is 14.9. The first-order valence-electron chi connectivity index (χ1n) is 12.8. The van der Waals surface area contributed by atoms with Crippen LogP contribution < -0.4 is 35.4 Å². The Morgan fingerprint density at radius 1 is 0.821 bits per heavy atom. The predicted octanol–water partition coefficient (Wildman–Crippen LogP) is -0.502. The van der Waals surface area contributed by atoms with Crippen LogP contribution in [0.1, 0.15) is 55.4 Å². The Morgan fingerprint density at radius 3 is 1.28 bits per heavy atom. The Bertz CT molecular complexity index is 754. The van der Waals surface area contributed by atoms with Gasteiger partial charge in [-0.3, -0.25) is 9.59 Å². The van der Waals surface area contributed by atoms with Crippen LogP contribution in [0, 0.1) is 35.5 Å². The number of aliphatic carboxylic acids is 1. The third-order valence-corrected chi connectivity index (χ3v) is 6.45. The zero-order valence-corrected chi connectivity index (χ0v) is 26.7. The summed E-state index contributed by atoms with van der Waals surface area (Å²) >= 11 is 0. The van der Waals surface area contributed by atoms with E-state index >= 15 is 0 Å². The SMILES string of the molecule is CC(=O)C1[C@H]2CN(C(=O)OC(C)(C)C)C[C@@H]12.CC(C)(C)OC(=O)N1C[C@@H]2C(C(=O)O)[C@@H]2C1.CCO.N[N-]O.[Na+]. The second kappa shape index (κ2) is 15.5. The summed E-state index contributed by atoms with van der Waals surface area (Å²) < 4.78 is 10.5. The van der Waals surface area contributed by atoms with Crippen molar-refractivity contribution in [2.24, 2.45) is 41.4 Å². The molecule has 0 aromatic carbocycles. The number of likely N-dealkylation sites (tertiary alicyclic amines) is 2. The van der Waals surface area contributed by atoms with Crippen molar-refractivity contribution in [1.82, 2.24) is 9.80 Å². The molecule has 4 fully saturated rings. The van der Waals surface area contributed by atoms with Crippen LogP contribution in [0.4, 0.5) is 9.59 Å². The molecule has 4 rings (SSSR count). The quantitative estimate of drug-likeness (QED) is 0.192. The van der Waals surface area contributed by atoms with Gasteiger partial charge in [-0.1, -0.05) is 0 Å². The molecule has 2 saturated heterocycles. The van der Waals surface area contributed by atoms with Gasteiger partial charge in [0, 0.05) is 38.7 Å². The number of amides is 2. The van der Waals surface area contributed by atoms with Gasteiger partial charge in [0.05, 0.1) is 5.92 Å². The number of carboxylic acid groups (broad SMARTS) is 1. The maximum atomic E-state index is 11.7. The van der Waals surface area contributed by atoms with Gasteiger partial charge in [-0.25, -0.2) is 9.59 Å². The second-order valence-corrected chi connectivity index (χ2v) is 11.9. The van der Waals surface area contributed by atoms with E-state index < -0.39 is 17.2 Å². The largest absolute Gasteiger partial charge is 1.00 e. The van der Waals surface area contributed by atoms with Gasteiger partial charge >= 0.3 is 47.7 Å². The monoisotopic (exact) mass is 568 g/mol. The minimum Gasteiger partial charge on any atom is -0.488 e. The predicted molar refractivity (Wildman–Crippen MR) is 137 cm³/mol. The van der Waals surface area contributed by atoms with E-state index in [4.69, 9.17) is 24.9 Å². The normalized spacial score (nSPS) is 27.4. The van der Waals surface area contributed by atoms with Gasteiger partial charge in [-0.2, -0.15) is 0 Å². The number of nitrogens with zero attached hydrogens (tertiary/aromatic N) is 3. The topological polar surface area (TPSA) is 194 Å². The van der Waals surface area contributed by atoms with Crippen molar-refractivity contribution in [1.29, 1.82) is 0 Å². The van der Waals surface area contributed by atoms with Crippen molar-refractivity contribution in [2.75, 3.05) is 32.8 Å². The summed E-state index contributed by atoms with van der Waals surface area (Å²) in [6.45, 7) is 17.0. The van der Waals surface area contributed by atoms with Gasteiger partial charge in [0.15, 0.2) is 0 Å². The van der Waals surface area contributed by atoms with Crippen molar-refractivity contribution in [3.05, 3.63) is 5.59 Å². The number of fused-ring (bicyclic) bond motifs is 2. The molecular formula is C25H45N4NaO9. The van der Waals surface area contributed by atoms with Crippen molar-refractivity contribution < 1.29 is 73.6 Å². The Morgan fingerprint density at radius 2 is 1.08 bits per heavy atom. The molecule has 2 saturated carbocycles. The molecule has 0 radical (unpaired) electrons. The van der Waals surface area contributed by atoms with Crippen LogP contribution in [-0.2, 0) is 19.1 Å². The van der Waals surface area contributed by atoms with Gasteiger partial charge in [-0.15, -0.1) is 0 Å². The maximum absolute atomic E-state index is 11.7. The van der Waals surface area contributed by atoms with Crippen LogP contribution in [-0.4, -0.2) is 93.1 Å². The average Bonchev–Trinajstić information content (AvgIpc) is 3.48. The minimum atomic E-state index is -0.737. The molecule has 220 valence electrons. The summed E-state index contributed by atoms with van der Waals surface area (Å²) in [6.07, 6.45) is -0.578. The third-order valence-electron chi connectivity index (χ3n) is 6.45. The van der Waals surface area contributed by atoms with E-state index in [1.165, 1.54) is 0 Å². The van der Waals surface area contributed by atoms with Crippen LogP contribution in [0.15, 0.2) is 0 Å². The molecule has 4 aliphatic rings. The van der Waals surface area contributed by atoms with E-state index in [2.05, 4.69) is 5.84 Å². The first kappa shape index (κ1) is 37.5. The molecule has 14 heteroatoms. The minimum absolute atomic E-state index is 0. The van der Waals surface area contributed by atoms with E-state index in [0.29, 0.717) is 38.0 Å². The van der Waals surface area contributed by atoms with Crippen LogP contribution in [0.3, 0.4) is 0 Å². The van der Waals surface area contributed by atoms with Crippen molar-refractivity contribution >= 4 is 23.9 Å². The van der Waals surface area contributed by atoms with Gasteiger partial charge in [0.25, 0.3) is 0 Å². The number of carbonyl (C=O) groups excluding carboxylic acids is 3. The molecule has 6 atom stereocenters. The number of Topliss-reactive ketones (excluding diaryl/α,β-unsaturated/α-hetero) is 1. The number of ketones is 1. The molecule has 2 unspecified atom stereocenters. The summed E-state index contributed by atoms with van der Waals surface area (Å²) in [5, 5.41) is 23.4. The standard InChI is InChI=1S/C12H19NO3.C11H17NO4.C2H6O.H3N2O.Na/c1-7(14)10-8-5-13(6-9(8)10)11(15)16-12(2,3)4;1-11(2,3)16-10(15)12-4-6-7(5-12)8(6)9(13)14;2*1-2-3;/h8-10H,5-6H2,1-4H3;6-8H,4-5H2,1-3H3,(H,13,14);3H,2H2,1H3;3H,1H2;/q;;;-1;+1/t8-,9+,10?;6-,7+,8?;;;. The summed E-state index contributed by atoms with van der Waals surface area (Å²) in [5.41, 5.74) is 1.07. The van der Waals surface area contributed by atoms with Crippen molar-refractivity contribution in [3.63, 3.8) is 0 Å². The number of aliphatic hydroxyl groups excluding tert-OH is 1. The molecule has 0 aromatic heterocycles. The van der Waals surface area contributed by atoms with Gasteiger partial charge in [-0.05, 0) is 79.1 Å². The van der Waals surface area contributed by atoms with Crippen molar-refractivity contribution in [2.45, 2.75) is 66.6 Å². The number of ether oxygens (including phenoxy) is 2. The number of nitrogens with two attached hydrogens (primary N) is 1. The number of hydrogen-bond donors (Lipinski definition) is 4. The van der Waals surface area contributed by atoms with E-state index in [1.807, 2.05) is 47.1 Å². The molecular weight excluding hydrogens is 523 g/mol. The fourth-order valence-electron chi connectivity index (χ4n) is 4.97. The molecule has 2 aliphatic heterocycles. The fraction of sp³-hybridized carbons (Fsp3) is 0.840. The van der Waals surface area contributed by atoms with E-state index in [-0.39, 0.29) is 77.8 Å². The summed E-state index contributed by atoms with van der Waals surface area (Å²) in [5.74, 6) is 4.60. The zero-order chi connectivity index (χ0) is 29.6. The number of carbonyl (C=O) groups is 4. The molecule has 39 heavy (non-hydrogen) atoms. The van der Waals surface area contributed by atoms with E-state index in [9.17, 15) is 19.2 Å². The number of aliphatic hydroxyl groups is 1. The van der Waals surface area contributed by atoms with Crippen LogP contribution in [0.2, 0.25) is 0 Å². The molecule has 2 heterocycles. The smallest absolute Gasteiger partial charge is 0.488 e. The molecule has 0 spiro atoms. The molecule has 2 aliphatic carbocycles. The van der Waals surface area contributed by atoms with Gasteiger partial charge < -0.3 is 46.1 Å².